The van der Waals surface area contributed by atoms with Crippen LogP contribution in [-0.4, -0.2) is 47.4 Å². The minimum absolute atomic E-state index is 0.00238. The molecular weight excluding hydrogens is 863 g/mol. The molecule has 414 valence electrons. The van der Waals surface area contributed by atoms with E-state index < -0.39 is 12.1 Å². The summed E-state index contributed by atoms with van der Waals surface area (Å²) in [4.78, 5) is 24.5. The number of hydrogen-bond acceptors (Lipinski definition) is 5. The average Bonchev–Trinajstić information content (AvgIpc) is 3.36. The van der Waals surface area contributed by atoms with Crippen LogP contribution in [0.3, 0.4) is 0 Å². The highest BCUT2D eigenvalue weighted by molar-refractivity contribution is 5.76. The van der Waals surface area contributed by atoms with Crippen molar-refractivity contribution in [3.8, 4) is 0 Å². The van der Waals surface area contributed by atoms with Crippen molar-refractivity contribution in [3.63, 3.8) is 0 Å². The van der Waals surface area contributed by atoms with Gasteiger partial charge in [-0.05, 0) is 57.8 Å². The Morgan fingerprint density at radius 2 is 0.671 bits per heavy atom. The molecule has 0 heterocycles. The van der Waals surface area contributed by atoms with Crippen LogP contribution in [-0.2, 0) is 14.3 Å². The number of allylic oxidation sites excluding steroid dienone is 3. The summed E-state index contributed by atoms with van der Waals surface area (Å²) in [5.41, 5.74) is 0. The maximum absolute atomic E-state index is 12.5. The van der Waals surface area contributed by atoms with Crippen LogP contribution in [0.5, 0.6) is 0 Å². The van der Waals surface area contributed by atoms with Crippen molar-refractivity contribution in [2.45, 2.75) is 360 Å². The molecule has 0 saturated heterocycles. The SMILES string of the molecule is CCCCCCCCCCCCCCCCCCCCCCCC/C=C/C(O)C(CO)NC(=O)CCCCCCC/C=C\CCCCCCCCCCCOC(=O)CCCCCCCCCCCCC. The van der Waals surface area contributed by atoms with Gasteiger partial charge >= 0.3 is 5.97 Å². The lowest BCUT2D eigenvalue weighted by molar-refractivity contribution is -0.143. The molecule has 0 bridgehead atoms. The Bertz CT molecular complexity index is 1090. The van der Waals surface area contributed by atoms with Gasteiger partial charge in [0.25, 0.3) is 0 Å². The largest absolute Gasteiger partial charge is 0.466 e. The first-order valence-corrected chi connectivity index (χ1v) is 31.6. The summed E-state index contributed by atoms with van der Waals surface area (Å²) < 4.78 is 5.46. The molecule has 0 fully saturated rings. The predicted octanol–water partition coefficient (Wildman–Crippen LogP) is 19.8. The summed E-state index contributed by atoms with van der Waals surface area (Å²) in [5.74, 6) is -0.0764. The van der Waals surface area contributed by atoms with Crippen molar-refractivity contribution in [3.05, 3.63) is 24.3 Å². The minimum atomic E-state index is -0.854. The van der Waals surface area contributed by atoms with E-state index in [1.54, 1.807) is 6.08 Å². The number of hydrogen-bond donors (Lipinski definition) is 3. The van der Waals surface area contributed by atoms with E-state index in [2.05, 4.69) is 31.3 Å². The Morgan fingerprint density at radius 1 is 0.386 bits per heavy atom. The fourth-order valence-corrected chi connectivity index (χ4v) is 9.87. The van der Waals surface area contributed by atoms with Crippen molar-refractivity contribution >= 4 is 11.9 Å². The van der Waals surface area contributed by atoms with Gasteiger partial charge in [-0.25, -0.2) is 0 Å². The lowest BCUT2D eigenvalue weighted by atomic mass is 10.0. The van der Waals surface area contributed by atoms with Crippen LogP contribution in [0.4, 0.5) is 0 Å². The maximum Gasteiger partial charge on any atom is 0.305 e. The van der Waals surface area contributed by atoms with Gasteiger partial charge < -0.3 is 20.3 Å². The van der Waals surface area contributed by atoms with Gasteiger partial charge in [0, 0.05) is 12.8 Å². The number of amides is 1. The molecule has 0 aromatic rings. The first-order chi connectivity index (χ1) is 34.5. The van der Waals surface area contributed by atoms with Gasteiger partial charge in [-0.2, -0.15) is 0 Å². The maximum atomic E-state index is 12.5. The van der Waals surface area contributed by atoms with Crippen molar-refractivity contribution < 1.29 is 24.5 Å². The van der Waals surface area contributed by atoms with E-state index in [0.29, 0.717) is 19.4 Å². The standard InChI is InChI=1S/C64H123NO5/c1-3-5-7-9-11-13-15-16-17-18-19-20-21-22-23-24-27-30-33-37-40-44-48-52-56-62(67)61(60-66)65-63(68)57-53-49-45-41-38-34-31-28-25-26-29-32-35-39-43-47-51-55-59-70-64(69)58-54-50-46-42-36-14-12-10-8-6-4-2/h28,31,52,56,61-62,66-67H,3-27,29-30,32-51,53-55,57-60H2,1-2H3,(H,65,68)/b31-28-,56-52+. The second-order valence-corrected chi connectivity index (χ2v) is 21.7. The van der Waals surface area contributed by atoms with Crippen LogP contribution < -0.4 is 5.32 Å². The lowest BCUT2D eigenvalue weighted by Crippen LogP contribution is -2.45. The number of carbonyl (C=O) groups excluding carboxylic acids is 2. The second kappa shape index (κ2) is 59.9. The van der Waals surface area contributed by atoms with Crippen LogP contribution in [0.2, 0.25) is 0 Å². The van der Waals surface area contributed by atoms with E-state index in [1.807, 2.05) is 6.08 Å². The molecular formula is C64H123NO5. The quantitative estimate of drug-likeness (QED) is 0.0321. The molecule has 0 radical (unpaired) electrons. The summed E-state index contributed by atoms with van der Waals surface area (Å²) in [6.45, 7) is 4.91. The number of aliphatic hydroxyl groups excluding tert-OH is 2. The smallest absolute Gasteiger partial charge is 0.305 e. The molecule has 1 amide bonds. The van der Waals surface area contributed by atoms with Gasteiger partial charge in [0.1, 0.15) is 0 Å². The van der Waals surface area contributed by atoms with E-state index in [9.17, 15) is 19.8 Å². The molecule has 0 aliphatic carbocycles. The van der Waals surface area contributed by atoms with E-state index >= 15 is 0 Å². The molecule has 0 aromatic carbocycles. The average molecular weight is 987 g/mol. The van der Waals surface area contributed by atoms with Crippen LogP contribution in [0.25, 0.3) is 0 Å². The van der Waals surface area contributed by atoms with Gasteiger partial charge in [0.15, 0.2) is 0 Å². The molecule has 0 aliphatic rings. The fraction of sp³-hybridized carbons (Fsp3) is 0.906. The van der Waals surface area contributed by atoms with Crippen LogP contribution in [0, 0.1) is 0 Å². The Balaban J connectivity index is 3.48. The van der Waals surface area contributed by atoms with Gasteiger partial charge in [-0.1, -0.05) is 301 Å². The van der Waals surface area contributed by atoms with Crippen LogP contribution >= 0.6 is 0 Å². The molecule has 2 atom stereocenters. The van der Waals surface area contributed by atoms with Crippen molar-refractivity contribution in [1.82, 2.24) is 5.32 Å². The summed E-state index contributed by atoms with van der Waals surface area (Å²) in [6.07, 6.45) is 73.6. The second-order valence-electron chi connectivity index (χ2n) is 21.7. The zero-order valence-electron chi connectivity index (χ0n) is 47.3. The van der Waals surface area contributed by atoms with E-state index in [1.165, 1.54) is 263 Å². The molecule has 3 N–H and O–H groups in total. The van der Waals surface area contributed by atoms with Gasteiger partial charge in [-0.3, -0.25) is 9.59 Å². The first kappa shape index (κ1) is 68.3. The molecule has 0 rings (SSSR count). The molecule has 6 nitrogen and oxygen atoms in total. The summed E-state index contributed by atoms with van der Waals surface area (Å²) in [6, 6.07) is -0.639. The summed E-state index contributed by atoms with van der Waals surface area (Å²) in [7, 11) is 0. The number of carbonyl (C=O) groups is 2. The number of rotatable bonds is 59. The molecule has 0 spiro atoms. The first-order valence-electron chi connectivity index (χ1n) is 31.6. The third-order valence-corrected chi connectivity index (χ3v) is 14.7. The highest BCUT2D eigenvalue weighted by atomic mass is 16.5. The number of ether oxygens (including phenoxy) is 1. The van der Waals surface area contributed by atoms with Gasteiger partial charge in [0.2, 0.25) is 5.91 Å². The molecule has 0 saturated carbocycles. The van der Waals surface area contributed by atoms with Crippen molar-refractivity contribution in [1.29, 1.82) is 0 Å². The zero-order chi connectivity index (χ0) is 50.7. The Labute approximate surface area is 437 Å². The highest BCUT2D eigenvalue weighted by Crippen LogP contribution is 2.18. The van der Waals surface area contributed by atoms with Crippen LogP contribution in [0.1, 0.15) is 348 Å². The minimum Gasteiger partial charge on any atom is -0.466 e. The van der Waals surface area contributed by atoms with Gasteiger partial charge in [0.05, 0.1) is 25.4 Å². The summed E-state index contributed by atoms with van der Waals surface area (Å²) in [5, 5.41) is 23.2. The molecule has 0 aliphatic heterocycles. The third-order valence-electron chi connectivity index (χ3n) is 14.7. The molecule has 70 heavy (non-hydrogen) atoms. The number of aliphatic hydroxyl groups is 2. The third kappa shape index (κ3) is 55.7. The monoisotopic (exact) mass is 986 g/mol. The molecule has 6 heteroatoms. The van der Waals surface area contributed by atoms with E-state index in [4.69, 9.17) is 4.74 Å². The topological polar surface area (TPSA) is 95.9 Å². The Morgan fingerprint density at radius 3 is 1.01 bits per heavy atom. The van der Waals surface area contributed by atoms with Crippen molar-refractivity contribution in [2.75, 3.05) is 13.2 Å². The predicted molar refractivity (Wildman–Crippen MR) is 306 cm³/mol. The molecule has 2 unspecified atom stereocenters. The Hall–Kier alpha value is -1.66. The van der Waals surface area contributed by atoms with Gasteiger partial charge in [-0.15, -0.1) is 0 Å². The van der Waals surface area contributed by atoms with Crippen molar-refractivity contribution in [2.24, 2.45) is 0 Å². The van der Waals surface area contributed by atoms with Crippen LogP contribution in [0.15, 0.2) is 24.3 Å². The number of unbranched alkanes of at least 4 members (excludes halogenated alkanes) is 46. The lowest BCUT2D eigenvalue weighted by Gasteiger charge is -2.20. The zero-order valence-corrected chi connectivity index (χ0v) is 47.3. The molecule has 0 aromatic heterocycles. The normalized spacial score (nSPS) is 12.7. The highest BCUT2D eigenvalue weighted by Gasteiger charge is 2.18. The Kier molecular flexibility index (Phi) is 58.5. The van der Waals surface area contributed by atoms with E-state index in [0.717, 1.165) is 57.8 Å². The number of esters is 1. The fourth-order valence-electron chi connectivity index (χ4n) is 9.87. The summed E-state index contributed by atoms with van der Waals surface area (Å²) >= 11 is 0. The number of nitrogens with one attached hydrogen (secondary N) is 1. The van der Waals surface area contributed by atoms with E-state index in [-0.39, 0.29) is 18.5 Å².